The average Bonchev–Trinajstić information content (AvgIpc) is 3.26. The molecule has 0 atom stereocenters. The first kappa shape index (κ1) is 17.7. The lowest BCUT2D eigenvalue weighted by atomic mass is 10.3. The molecule has 0 aliphatic heterocycles. The molecule has 0 saturated carbocycles. The first-order valence-corrected chi connectivity index (χ1v) is 9.90. The first-order chi connectivity index (χ1) is 12.0. The van der Waals surface area contributed by atoms with Crippen molar-refractivity contribution in [2.75, 3.05) is 6.61 Å². The summed E-state index contributed by atoms with van der Waals surface area (Å²) < 4.78 is 51.6. The van der Waals surface area contributed by atoms with Crippen LogP contribution in [-0.4, -0.2) is 15.0 Å². The molecule has 0 amide bonds. The van der Waals surface area contributed by atoms with Gasteiger partial charge in [0.15, 0.2) is 11.6 Å². The SMILES string of the molecule is CCOc1ccc(S(=O)(=O)NCc2ccc(-c3cccs3)o2)cc1F. The van der Waals surface area contributed by atoms with Gasteiger partial charge in [-0.15, -0.1) is 11.3 Å². The largest absolute Gasteiger partial charge is 0.491 e. The van der Waals surface area contributed by atoms with E-state index in [1.807, 2.05) is 17.5 Å². The minimum atomic E-state index is -3.86. The summed E-state index contributed by atoms with van der Waals surface area (Å²) in [5.41, 5.74) is 0. The van der Waals surface area contributed by atoms with Crippen LogP contribution in [0.1, 0.15) is 12.7 Å². The smallest absolute Gasteiger partial charge is 0.241 e. The zero-order valence-corrected chi connectivity index (χ0v) is 15.0. The third-order valence-electron chi connectivity index (χ3n) is 3.38. The van der Waals surface area contributed by atoms with E-state index in [4.69, 9.17) is 9.15 Å². The molecule has 2 heterocycles. The number of hydrogen-bond acceptors (Lipinski definition) is 5. The molecule has 0 aliphatic carbocycles. The lowest BCUT2D eigenvalue weighted by Crippen LogP contribution is -2.23. The molecule has 132 valence electrons. The first-order valence-electron chi connectivity index (χ1n) is 7.54. The fourth-order valence-corrected chi connectivity index (χ4v) is 3.89. The fraction of sp³-hybridized carbons (Fsp3) is 0.176. The topological polar surface area (TPSA) is 68.5 Å². The number of rotatable bonds is 7. The quantitative estimate of drug-likeness (QED) is 0.671. The molecule has 3 aromatic rings. The van der Waals surface area contributed by atoms with Crippen LogP contribution >= 0.6 is 11.3 Å². The summed E-state index contributed by atoms with van der Waals surface area (Å²) in [5, 5.41) is 1.93. The van der Waals surface area contributed by atoms with Gasteiger partial charge < -0.3 is 9.15 Å². The Morgan fingerprint density at radius 2 is 2.08 bits per heavy atom. The van der Waals surface area contributed by atoms with Gasteiger partial charge in [0.2, 0.25) is 10.0 Å². The molecule has 8 heteroatoms. The maximum absolute atomic E-state index is 13.9. The van der Waals surface area contributed by atoms with Gasteiger partial charge >= 0.3 is 0 Å². The van der Waals surface area contributed by atoms with Gasteiger partial charge in [-0.05, 0) is 48.7 Å². The second kappa shape index (κ2) is 7.38. The van der Waals surface area contributed by atoms with E-state index in [9.17, 15) is 12.8 Å². The van der Waals surface area contributed by atoms with Gasteiger partial charge in [0.1, 0.15) is 11.5 Å². The molecule has 0 spiro atoms. The summed E-state index contributed by atoms with van der Waals surface area (Å²) in [6, 6.07) is 10.9. The number of hydrogen-bond donors (Lipinski definition) is 1. The van der Waals surface area contributed by atoms with E-state index in [0.29, 0.717) is 18.1 Å². The molecule has 25 heavy (non-hydrogen) atoms. The van der Waals surface area contributed by atoms with E-state index >= 15 is 0 Å². The monoisotopic (exact) mass is 381 g/mol. The number of benzene rings is 1. The van der Waals surface area contributed by atoms with Crippen LogP contribution in [-0.2, 0) is 16.6 Å². The molecule has 0 radical (unpaired) electrons. The van der Waals surface area contributed by atoms with Gasteiger partial charge in [0.25, 0.3) is 0 Å². The lowest BCUT2D eigenvalue weighted by Gasteiger charge is -2.08. The van der Waals surface area contributed by atoms with Gasteiger partial charge in [-0.2, -0.15) is 0 Å². The van der Waals surface area contributed by atoms with Gasteiger partial charge in [-0.3, -0.25) is 0 Å². The van der Waals surface area contributed by atoms with Crippen LogP contribution in [0.5, 0.6) is 5.75 Å². The zero-order valence-electron chi connectivity index (χ0n) is 13.4. The van der Waals surface area contributed by atoms with Crippen molar-refractivity contribution in [2.24, 2.45) is 0 Å². The van der Waals surface area contributed by atoms with Crippen molar-refractivity contribution in [3.05, 3.63) is 59.4 Å². The Labute approximate surface area is 149 Å². The number of thiophene rings is 1. The Bertz CT molecular complexity index is 949. The van der Waals surface area contributed by atoms with Gasteiger partial charge in [-0.1, -0.05) is 6.07 Å². The van der Waals surface area contributed by atoms with Crippen molar-refractivity contribution in [3.63, 3.8) is 0 Å². The van der Waals surface area contributed by atoms with E-state index in [2.05, 4.69) is 4.72 Å². The van der Waals surface area contributed by atoms with Crippen LogP contribution in [0, 0.1) is 5.82 Å². The van der Waals surface area contributed by atoms with Gasteiger partial charge in [0.05, 0.1) is 22.9 Å². The number of halogens is 1. The average molecular weight is 381 g/mol. The third-order valence-corrected chi connectivity index (χ3v) is 5.66. The molecule has 0 unspecified atom stereocenters. The Morgan fingerprint density at radius 1 is 1.24 bits per heavy atom. The van der Waals surface area contributed by atoms with Crippen molar-refractivity contribution >= 4 is 21.4 Å². The van der Waals surface area contributed by atoms with Crippen LogP contribution in [0.4, 0.5) is 4.39 Å². The molecule has 0 aliphatic rings. The number of furan rings is 1. The predicted octanol–water partition coefficient (Wildman–Crippen LogP) is 4.02. The van der Waals surface area contributed by atoms with E-state index in [1.165, 1.54) is 23.5 Å². The van der Waals surface area contributed by atoms with E-state index < -0.39 is 15.8 Å². The number of nitrogens with one attached hydrogen (secondary N) is 1. The summed E-state index contributed by atoms with van der Waals surface area (Å²) in [6.45, 7) is 1.99. The molecule has 3 rings (SSSR count). The second-order valence-electron chi connectivity index (χ2n) is 5.09. The normalized spacial score (nSPS) is 11.6. The van der Waals surface area contributed by atoms with Crippen molar-refractivity contribution in [2.45, 2.75) is 18.4 Å². The van der Waals surface area contributed by atoms with Crippen molar-refractivity contribution in [3.8, 4) is 16.4 Å². The Morgan fingerprint density at radius 3 is 2.76 bits per heavy atom. The predicted molar refractivity (Wildman–Crippen MR) is 93.6 cm³/mol. The second-order valence-corrected chi connectivity index (χ2v) is 7.81. The van der Waals surface area contributed by atoms with Crippen molar-refractivity contribution in [1.29, 1.82) is 0 Å². The van der Waals surface area contributed by atoms with Crippen LogP contribution in [0.2, 0.25) is 0 Å². The molecule has 2 aromatic heterocycles. The Balaban J connectivity index is 1.71. The van der Waals surface area contributed by atoms with Crippen molar-refractivity contribution in [1.82, 2.24) is 4.72 Å². The summed E-state index contributed by atoms with van der Waals surface area (Å²) in [4.78, 5) is 0.793. The Hall–Kier alpha value is -2.16. The summed E-state index contributed by atoms with van der Waals surface area (Å²) >= 11 is 1.53. The fourth-order valence-electron chi connectivity index (χ4n) is 2.19. The number of sulfonamides is 1. The zero-order chi connectivity index (χ0) is 17.9. The van der Waals surface area contributed by atoms with Crippen LogP contribution in [0.3, 0.4) is 0 Å². The molecule has 5 nitrogen and oxygen atoms in total. The molecular weight excluding hydrogens is 365 g/mol. The lowest BCUT2D eigenvalue weighted by molar-refractivity contribution is 0.321. The summed E-state index contributed by atoms with van der Waals surface area (Å²) in [5.74, 6) is 0.450. The van der Waals surface area contributed by atoms with Gasteiger partial charge in [-0.25, -0.2) is 17.5 Å². The highest BCUT2D eigenvalue weighted by Gasteiger charge is 2.17. The molecule has 0 fully saturated rings. The van der Waals surface area contributed by atoms with Crippen LogP contribution in [0.25, 0.3) is 10.6 Å². The minimum absolute atomic E-state index is 0.0214. The summed E-state index contributed by atoms with van der Waals surface area (Å²) in [6.07, 6.45) is 0. The molecule has 0 bridgehead atoms. The maximum Gasteiger partial charge on any atom is 0.241 e. The standard InChI is InChI=1S/C17H16FNO4S2/c1-2-22-15-8-6-13(10-14(15)18)25(20,21)19-11-12-5-7-16(23-12)17-4-3-9-24-17/h3-10,19H,2,11H2,1H3. The minimum Gasteiger partial charge on any atom is -0.491 e. The van der Waals surface area contributed by atoms with Crippen LogP contribution in [0.15, 0.2) is 57.2 Å². The highest BCUT2D eigenvalue weighted by atomic mass is 32.2. The molecular formula is C17H16FNO4S2. The summed E-state index contributed by atoms with van der Waals surface area (Å²) in [7, 11) is -3.86. The Kier molecular flexibility index (Phi) is 5.22. The molecule has 0 saturated heterocycles. The van der Waals surface area contributed by atoms with E-state index in [-0.39, 0.29) is 17.2 Å². The van der Waals surface area contributed by atoms with Gasteiger partial charge in [0, 0.05) is 0 Å². The molecule has 1 N–H and O–H groups in total. The van der Waals surface area contributed by atoms with E-state index in [1.54, 1.807) is 19.1 Å². The third kappa shape index (κ3) is 4.09. The highest BCUT2D eigenvalue weighted by molar-refractivity contribution is 7.89. The van der Waals surface area contributed by atoms with E-state index in [0.717, 1.165) is 10.9 Å². The maximum atomic E-state index is 13.9. The highest BCUT2D eigenvalue weighted by Crippen LogP contribution is 2.27. The molecule has 1 aromatic carbocycles. The van der Waals surface area contributed by atoms with Crippen LogP contribution < -0.4 is 9.46 Å². The number of ether oxygens (including phenoxy) is 1. The van der Waals surface area contributed by atoms with Crippen molar-refractivity contribution < 1.29 is 22.0 Å².